The van der Waals surface area contributed by atoms with Crippen LogP contribution in [-0.2, 0) is 14.3 Å². The molecule has 16 heavy (non-hydrogen) atoms. The van der Waals surface area contributed by atoms with Crippen LogP contribution in [0, 0.1) is 5.92 Å². The van der Waals surface area contributed by atoms with Crippen LogP contribution in [0.25, 0.3) is 0 Å². The smallest absolute Gasteiger partial charge is 0.220 e. The molecule has 0 aromatic heterocycles. The number of nitrogens with one attached hydrogen (secondary N) is 1. The molecule has 0 saturated heterocycles. The number of carbonyl (C=O) groups excluding carboxylic acids is 2. The van der Waals surface area contributed by atoms with Gasteiger partial charge < -0.3 is 20.0 Å². The van der Waals surface area contributed by atoms with E-state index in [1.165, 1.54) is 14.0 Å². The number of hydrogen-bond donors (Lipinski definition) is 2. The molecule has 5 heteroatoms. The average Bonchev–Trinajstić information content (AvgIpc) is 2.13. The highest BCUT2D eigenvalue weighted by Gasteiger charge is 2.12. The van der Waals surface area contributed by atoms with Gasteiger partial charge >= 0.3 is 0 Å². The number of rotatable bonds is 8. The molecule has 0 fully saturated rings. The van der Waals surface area contributed by atoms with Crippen LogP contribution in [0.3, 0.4) is 0 Å². The third-order valence-electron chi connectivity index (χ3n) is 2.06. The first kappa shape index (κ1) is 15.1. The van der Waals surface area contributed by atoms with Gasteiger partial charge in [-0.05, 0) is 12.8 Å². The van der Waals surface area contributed by atoms with E-state index in [9.17, 15) is 14.7 Å². The third-order valence-corrected chi connectivity index (χ3v) is 2.06. The lowest BCUT2D eigenvalue weighted by atomic mass is 10.0. The molecule has 0 heterocycles. The lowest BCUT2D eigenvalue weighted by Gasteiger charge is -2.12. The Bertz CT molecular complexity index is 230. The van der Waals surface area contributed by atoms with Crippen molar-refractivity contribution in [1.82, 2.24) is 5.32 Å². The Morgan fingerprint density at radius 2 is 2.00 bits per heavy atom. The second-order valence-corrected chi connectivity index (χ2v) is 4.13. The van der Waals surface area contributed by atoms with Crippen molar-refractivity contribution >= 4 is 11.7 Å². The highest BCUT2D eigenvalue weighted by atomic mass is 16.5. The molecule has 1 amide bonds. The van der Waals surface area contributed by atoms with Gasteiger partial charge in [0.1, 0.15) is 5.78 Å². The zero-order valence-corrected chi connectivity index (χ0v) is 10.2. The zero-order chi connectivity index (χ0) is 12.6. The minimum atomic E-state index is -0.683. The molecule has 0 bridgehead atoms. The van der Waals surface area contributed by atoms with E-state index in [1.807, 2.05) is 6.92 Å². The number of ether oxygens (including phenoxy) is 1. The molecule has 2 atom stereocenters. The van der Waals surface area contributed by atoms with E-state index in [0.29, 0.717) is 12.8 Å². The Hall–Kier alpha value is -0.940. The maximum absolute atomic E-state index is 11.4. The number of aliphatic hydroxyl groups excluding tert-OH is 1. The molecule has 0 saturated carbocycles. The van der Waals surface area contributed by atoms with Crippen molar-refractivity contribution in [1.29, 1.82) is 0 Å². The van der Waals surface area contributed by atoms with Gasteiger partial charge in [0.05, 0.1) is 12.7 Å². The zero-order valence-electron chi connectivity index (χ0n) is 10.2. The van der Waals surface area contributed by atoms with Gasteiger partial charge in [0.2, 0.25) is 5.91 Å². The Balaban J connectivity index is 3.69. The van der Waals surface area contributed by atoms with Crippen molar-refractivity contribution in [3.8, 4) is 0 Å². The van der Waals surface area contributed by atoms with Gasteiger partial charge in [-0.2, -0.15) is 0 Å². The predicted octanol–water partition coefficient (Wildman–Crippen LogP) is 0.115. The Kier molecular flexibility index (Phi) is 7.76. The second-order valence-electron chi connectivity index (χ2n) is 4.13. The highest BCUT2D eigenvalue weighted by Crippen LogP contribution is 2.07. The van der Waals surface area contributed by atoms with Gasteiger partial charge in [-0.3, -0.25) is 4.79 Å². The van der Waals surface area contributed by atoms with Crippen molar-refractivity contribution < 1.29 is 19.4 Å². The number of amides is 1. The van der Waals surface area contributed by atoms with Crippen molar-refractivity contribution in [3.63, 3.8) is 0 Å². The van der Waals surface area contributed by atoms with Gasteiger partial charge in [0.15, 0.2) is 0 Å². The Labute approximate surface area is 96.2 Å². The first-order valence-electron chi connectivity index (χ1n) is 5.38. The van der Waals surface area contributed by atoms with Gasteiger partial charge in [-0.1, -0.05) is 6.92 Å². The minimum absolute atomic E-state index is 0.0390. The molecule has 2 unspecified atom stereocenters. The maximum atomic E-state index is 11.4. The average molecular weight is 231 g/mol. The molecular formula is C11H21NO4. The highest BCUT2D eigenvalue weighted by molar-refractivity contribution is 5.79. The SMILES string of the molecule is COCC(O)CNC(=O)CC(C)CC(C)=O. The summed E-state index contributed by atoms with van der Waals surface area (Å²) in [6, 6.07) is 0. The third kappa shape index (κ3) is 8.38. The van der Waals surface area contributed by atoms with Crippen LogP contribution >= 0.6 is 0 Å². The lowest BCUT2D eigenvalue weighted by molar-refractivity contribution is -0.123. The van der Waals surface area contributed by atoms with Crippen LogP contribution in [-0.4, -0.2) is 43.2 Å². The molecule has 0 rings (SSSR count). The fourth-order valence-corrected chi connectivity index (χ4v) is 1.43. The van der Waals surface area contributed by atoms with Gasteiger partial charge in [0, 0.05) is 26.5 Å². The topological polar surface area (TPSA) is 75.6 Å². The molecule has 0 aromatic rings. The van der Waals surface area contributed by atoms with Crippen molar-refractivity contribution in [3.05, 3.63) is 0 Å². The first-order valence-corrected chi connectivity index (χ1v) is 5.38. The number of aliphatic hydroxyl groups is 1. The lowest BCUT2D eigenvalue weighted by Crippen LogP contribution is -2.35. The van der Waals surface area contributed by atoms with Crippen LogP contribution in [0.2, 0.25) is 0 Å². The van der Waals surface area contributed by atoms with E-state index in [1.54, 1.807) is 0 Å². The van der Waals surface area contributed by atoms with Crippen LogP contribution in [0.1, 0.15) is 26.7 Å². The normalized spacial score (nSPS) is 14.2. The molecule has 0 aliphatic carbocycles. The quantitative estimate of drug-likeness (QED) is 0.622. The number of ketones is 1. The fourth-order valence-electron chi connectivity index (χ4n) is 1.43. The van der Waals surface area contributed by atoms with Gasteiger partial charge in [-0.25, -0.2) is 0 Å². The summed E-state index contributed by atoms with van der Waals surface area (Å²) in [4.78, 5) is 22.2. The molecular weight excluding hydrogens is 210 g/mol. The summed E-state index contributed by atoms with van der Waals surface area (Å²) >= 11 is 0. The van der Waals surface area contributed by atoms with E-state index in [2.05, 4.69) is 5.32 Å². The van der Waals surface area contributed by atoms with E-state index in [0.717, 1.165) is 0 Å². The van der Waals surface area contributed by atoms with E-state index < -0.39 is 6.10 Å². The molecule has 0 radical (unpaired) electrons. The summed E-state index contributed by atoms with van der Waals surface area (Å²) in [5.41, 5.74) is 0. The fraction of sp³-hybridized carbons (Fsp3) is 0.818. The number of Topliss-reactive ketones (excluding diaryl/α,β-unsaturated/α-hetero) is 1. The molecule has 0 aliphatic heterocycles. The largest absolute Gasteiger partial charge is 0.389 e. The maximum Gasteiger partial charge on any atom is 0.220 e. The summed E-state index contributed by atoms with van der Waals surface area (Å²) in [7, 11) is 1.49. The summed E-state index contributed by atoms with van der Waals surface area (Å²) in [6.45, 7) is 3.74. The van der Waals surface area contributed by atoms with Crippen molar-refractivity contribution in [2.45, 2.75) is 32.8 Å². The molecule has 94 valence electrons. The predicted molar refractivity (Wildman–Crippen MR) is 60.0 cm³/mol. The standard InChI is InChI=1S/C11H21NO4/c1-8(4-9(2)13)5-11(15)12-6-10(14)7-16-3/h8,10,14H,4-7H2,1-3H3,(H,12,15). The van der Waals surface area contributed by atoms with Gasteiger partial charge in [0.25, 0.3) is 0 Å². The van der Waals surface area contributed by atoms with E-state index in [-0.39, 0.29) is 30.8 Å². The molecule has 0 spiro atoms. The molecule has 0 aliphatic rings. The molecule has 5 nitrogen and oxygen atoms in total. The first-order chi connectivity index (χ1) is 7.45. The van der Waals surface area contributed by atoms with E-state index in [4.69, 9.17) is 4.74 Å². The van der Waals surface area contributed by atoms with Gasteiger partial charge in [-0.15, -0.1) is 0 Å². The van der Waals surface area contributed by atoms with Crippen LogP contribution < -0.4 is 5.32 Å². The monoisotopic (exact) mass is 231 g/mol. The van der Waals surface area contributed by atoms with Crippen molar-refractivity contribution in [2.75, 3.05) is 20.3 Å². The summed E-state index contributed by atoms with van der Waals surface area (Å²) in [5, 5.41) is 11.9. The number of methoxy groups -OCH3 is 1. The molecule has 0 aromatic carbocycles. The van der Waals surface area contributed by atoms with Crippen LogP contribution in [0.4, 0.5) is 0 Å². The summed E-state index contributed by atoms with van der Waals surface area (Å²) in [6.07, 6.45) is 0.0323. The second kappa shape index (κ2) is 8.24. The molecule has 2 N–H and O–H groups in total. The number of carbonyl (C=O) groups is 2. The van der Waals surface area contributed by atoms with Crippen molar-refractivity contribution in [2.24, 2.45) is 5.92 Å². The Morgan fingerprint density at radius 3 is 2.50 bits per heavy atom. The van der Waals surface area contributed by atoms with Crippen LogP contribution in [0.5, 0.6) is 0 Å². The minimum Gasteiger partial charge on any atom is -0.389 e. The number of hydrogen-bond acceptors (Lipinski definition) is 4. The summed E-state index contributed by atoms with van der Waals surface area (Å²) < 4.78 is 4.72. The Morgan fingerprint density at radius 1 is 1.38 bits per heavy atom. The van der Waals surface area contributed by atoms with E-state index >= 15 is 0 Å². The summed E-state index contributed by atoms with van der Waals surface area (Å²) in [5.74, 6) is -0.0271. The van der Waals surface area contributed by atoms with Crippen LogP contribution in [0.15, 0.2) is 0 Å².